The summed E-state index contributed by atoms with van der Waals surface area (Å²) in [7, 11) is 0. The van der Waals surface area contributed by atoms with Gasteiger partial charge in [-0.1, -0.05) is 40.9 Å². The predicted octanol–water partition coefficient (Wildman–Crippen LogP) is 5.08. The lowest BCUT2D eigenvalue weighted by Crippen LogP contribution is -2.29. The molecule has 2 N–H and O–H groups in total. The Morgan fingerprint density at radius 2 is 2.00 bits per heavy atom. The summed E-state index contributed by atoms with van der Waals surface area (Å²) in [5.41, 5.74) is 3.58. The number of nitrogens with zero attached hydrogens (tertiary/aromatic N) is 4. The Hall–Kier alpha value is -1.80. The number of benzene rings is 1. The fourth-order valence-electron chi connectivity index (χ4n) is 2.84. The molecule has 1 aromatic carbocycles. The van der Waals surface area contributed by atoms with Gasteiger partial charge in [0.05, 0.1) is 34.8 Å². The molecule has 3 aromatic rings. The summed E-state index contributed by atoms with van der Waals surface area (Å²) < 4.78 is 3.70. The summed E-state index contributed by atoms with van der Waals surface area (Å²) in [6.45, 7) is 5.91. The second-order valence-corrected chi connectivity index (χ2v) is 8.23. The summed E-state index contributed by atoms with van der Waals surface area (Å²) in [5, 5.41) is 17.6. The Morgan fingerprint density at radius 3 is 2.69 bits per heavy atom. The first-order chi connectivity index (χ1) is 13.8. The standard InChI is InChI=1S/C19H21Cl3N6S/c1-12-18(22)13(2)28(26-12)7-3-6-23-19(29)25-16-9-24-27(11-16)10-14-4-5-15(20)8-17(14)21/h4-5,8-9,11H,3,6-7,10H2,1-2H3,(H2,23,25,29). The van der Waals surface area contributed by atoms with Crippen LogP contribution in [-0.4, -0.2) is 31.2 Å². The van der Waals surface area contributed by atoms with Crippen LogP contribution in [0.5, 0.6) is 0 Å². The minimum Gasteiger partial charge on any atom is -0.362 e. The Labute approximate surface area is 190 Å². The quantitative estimate of drug-likeness (QED) is 0.372. The zero-order valence-corrected chi connectivity index (χ0v) is 19.1. The highest BCUT2D eigenvalue weighted by Gasteiger charge is 2.09. The fourth-order valence-corrected chi connectivity index (χ4v) is 3.66. The van der Waals surface area contributed by atoms with Gasteiger partial charge >= 0.3 is 0 Å². The van der Waals surface area contributed by atoms with Gasteiger partial charge in [-0.25, -0.2) is 0 Å². The SMILES string of the molecule is Cc1nn(CCCNC(=S)Nc2cnn(Cc3ccc(Cl)cc3Cl)c2)c(C)c1Cl. The van der Waals surface area contributed by atoms with Gasteiger partial charge in [0.25, 0.3) is 0 Å². The van der Waals surface area contributed by atoms with Crippen LogP contribution in [0.25, 0.3) is 0 Å². The third kappa shape index (κ3) is 5.85. The largest absolute Gasteiger partial charge is 0.362 e. The van der Waals surface area contributed by atoms with Crippen molar-refractivity contribution in [2.75, 3.05) is 11.9 Å². The van der Waals surface area contributed by atoms with E-state index in [2.05, 4.69) is 20.8 Å². The minimum atomic E-state index is 0.542. The van der Waals surface area contributed by atoms with E-state index in [1.807, 2.05) is 36.9 Å². The third-order valence-electron chi connectivity index (χ3n) is 4.36. The van der Waals surface area contributed by atoms with Crippen molar-refractivity contribution in [2.45, 2.75) is 33.4 Å². The van der Waals surface area contributed by atoms with Gasteiger partial charge in [-0.3, -0.25) is 9.36 Å². The normalized spacial score (nSPS) is 10.9. The molecule has 0 spiro atoms. The first kappa shape index (κ1) is 21.9. The number of rotatable bonds is 7. The predicted molar refractivity (Wildman–Crippen MR) is 123 cm³/mol. The first-order valence-electron chi connectivity index (χ1n) is 9.04. The van der Waals surface area contributed by atoms with Crippen molar-refractivity contribution in [1.82, 2.24) is 24.9 Å². The van der Waals surface area contributed by atoms with Crippen molar-refractivity contribution in [2.24, 2.45) is 0 Å². The van der Waals surface area contributed by atoms with E-state index in [9.17, 15) is 0 Å². The van der Waals surface area contributed by atoms with Crippen molar-refractivity contribution in [3.63, 3.8) is 0 Å². The van der Waals surface area contributed by atoms with Crippen LogP contribution in [0.4, 0.5) is 5.69 Å². The zero-order chi connectivity index (χ0) is 21.0. The number of nitrogens with one attached hydrogen (secondary N) is 2. The van der Waals surface area contributed by atoms with Gasteiger partial charge in [0.15, 0.2) is 5.11 Å². The van der Waals surface area contributed by atoms with Crippen LogP contribution >= 0.6 is 47.0 Å². The molecule has 2 heterocycles. The molecule has 0 aliphatic carbocycles. The van der Waals surface area contributed by atoms with E-state index in [-0.39, 0.29) is 0 Å². The molecule has 0 aliphatic rings. The van der Waals surface area contributed by atoms with Crippen molar-refractivity contribution in [3.8, 4) is 0 Å². The van der Waals surface area contributed by atoms with Gasteiger partial charge in [0.2, 0.25) is 0 Å². The average Bonchev–Trinajstić information content (AvgIpc) is 3.21. The highest BCUT2D eigenvalue weighted by Crippen LogP contribution is 2.22. The molecular formula is C19H21Cl3N6S. The highest BCUT2D eigenvalue weighted by molar-refractivity contribution is 7.80. The van der Waals surface area contributed by atoms with E-state index >= 15 is 0 Å². The van der Waals surface area contributed by atoms with Gasteiger partial charge in [0.1, 0.15) is 0 Å². The molecule has 0 saturated carbocycles. The molecule has 0 atom stereocenters. The maximum atomic E-state index is 6.22. The molecule has 29 heavy (non-hydrogen) atoms. The van der Waals surface area contributed by atoms with Crippen LogP contribution < -0.4 is 10.6 Å². The van der Waals surface area contributed by atoms with E-state index in [1.54, 1.807) is 16.9 Å². The van der Waals surface area contributed by atoms with E-state index in [1.165, 1.54) is 0 Å². The fraction of sp³-hybridized carbons (Fsp3) is 0.316. The van der Waals surface area contributed by atoms with Gasteiger partial charge in [-0.05, 0) is 50.2 Å². The number of anilines is 1. The summed E-state index contributed by atoms with van der Waals surface area (Å²) in [4.78, 5) is 0. The molecule has 0 radical (unpaired) electrons. The molecule has 154 valence electrons. The topological polar surface area (TPSA) is 59.7 Å². The number of aryl methyl sites for hydroxylation is 2. The van der Waals surface area contributed by atoms with Crippen molar-refractivity contribution >= 4 is 57.8 Å². The molecular weight excluding hydrogens is 451 g/mol. The lowest BCUT2D eigenvalue weighted by atomic mass is 10.2. The number of hydrogen-bond acceptors (Lipinski definition) is 3. The Balaban J connectivity index is 1.44. The van der Waals surface area contributed by atoms with Crippen molar-refractivity contribution in [3.05, 3.63) is 62.6 Å². The molecule has 0 amide bonds. The minimum absolute atomic E-state index is 0.542. The molecule has 0 fully saturated rings. The van der Waals surface area contributed by atoms with Crippen LogP contribution in [0.15, 0.2) is 30.6 Å². The lowest BCUT2D eigenvalue weighted by molar-refractivity contribution is 0.558. The molecule has 0 saturated heterocycles. The summed E-state index contributed by atoms with van der Waals surface area (Å²) >= 11 is 23.7. The monoisotopic (exact) mass is 470 g/mol. The van der Waals surface area contributed by atoms with Crippen LogP contribution in [0.2, 0.25) is 15.1 Å². The molecule has 6 nitrogen and oxygen atoms in total. The van der Waals surface area contributed by atoms with Crippen LogP contribution in [0.3, 0.4) is 0 Å². The van der Waals surface area contributed by atoms with Crippen molar-refractivity contribution in [1.29, 1.82) is 0 Å². The molecule has 0 bridgehead atoms. The summed E-state index contributed by atoms with van der Waals surface area (Å²) in [5.74, 6) is 0. The molecule has 0 unspecified atom stereocenters. The maximum Gasteiger partial charge on any atom is 0.170 e. The number of hydrogen-bond donors (Lipinski definition) is 2. The van der Waals surface area contributed by atoms with E-state index in [0.29, 0.717) is 21.7 Å². The van der Waals surface area contributed by atoms with E-state index < -0.39 is 0 Å². The lowest BCUT2D eigenvalue weighted by Gasteiger charge is -2.09. The number of halogens is 3. The van der Waals surface area contributed by atoms with Gasteiger partial charge in [-0.2, -0.15) is 10.2 Å². The number of thiocarbonyl (C=S) groups is 1. The average molecular weight is 472 g/mol. The Bertz CT molecular complexity index is 1010. The maximum absolute atomic E-state index is 6.22. The van der Waals surface area contributed by atoms with E-state index in [0.717, 1.165) is 47.2 Å². The Kier molecular flexibility index (Phi) is 7.40. The Morgan fingerprint density at radius 1 is 1.21 bits per heavy atom. The van der Waals surface area contributed by atoms with Gasteiger partial charge < -0.3 is 10.6 Å². The van der Waals surface area contributed by atoms with Gasteiger partial charge in [-0.15, -0.1) is 0 Å². The molecule has 0 aliphatic heterocycles. The number of aromatic nitrogens is 4. The van der Waals surface area contributed by atoms with Crippen molar-refractivity contribution < 1.29 is 0 Å². The first-order valence-corrected chi connectivity index (χ1v) is 10.6. The van der Waals surface area contributed by atoms with E-state index in [4.69, 9.17) is 47.0 Å². The zero-order valence-electron chi connectivity index (χ0n) is 16.0. The summed E-state index contributed by atoms with van der Waals surface area (Å²) in [6, 6.07) is 5.42. The second-order valence-electron chi connectivity index (χ2n) is 6.60. The highest BCUT2D eigenvalue weighted by atomic mass is 35.5. The molecule has 10 heteroatoms. The molecule has 2 aromatic heterocycles. The molecule has 3 rings (SSSR count). The van der Waals surface area contributed by atoms with Crippen LogP contribution in [-0.2, 0) is 13.1 Å². The van der Waals surface area contributed by atoms with Crippen LogP contribution in [0.1, 0.15) is 23.4 Å². The smallest absolute Gasteiger partial charge is 0.170 e. The van der Waals surface area contributed by atoms with Crippen LogP contribution in [0, 0.1) is 13.8 Å². The second kappa shape index (κ2) is 9.80. The third-order valence-corrected chi connectivity index (χ3v) is 5.74. The van der Waals surface area contributed by atoms with Gasteiger partial charge in [0, 0.05) is 29.3 Å². The summed E-state index contributed by atoms with van der Waals surface area (Å²) in [6.07, 6.45) is 4.46.